The van der Waals surface area contributed by atoms with E-state index in [1.807, 2.05) is 24.3 Å². The Morgan fingerprint density at radius 1 is 0.423 bits per heavy atom. The van der Waals surface area contributed by atoms with Gasteiger partial charge in [-0.1, -0.05) is 163 Å². The summed E-state index contributed by atoms with van der Waals surface area (Å²) < 4.78 is 0. The first kappa shape index (κ1) is 30.0. The minimum absolute atomic E-state index is 0.570. The molecule has 2 aliphatic carbocycles. The lowest BCUT2D eigenvalue weighted by molar-refractivity contribution is 0.775. The van der Waals surface area contributed by atoms with Gasteiger partial charge in [-0.2, -0.15) is 0 Å². The van der Waals surface area contributed by atoms with Crippen LogP contribution in [0.4, 0.5) is 5.69 Å². The minimum Gasteiger partial charge on any atom is -0.238 e. The molecule has 0 N–H and O–H groups in total. The molecule has 8 aromatic rings. The Morgan fingerprint density at radius 2 is 0.865 bits per heavy atom. The van der Waals surface area contributed by atoms with Crippen molar-refractivity contribution in [1.82, 2.24) is 9.97 Å². The molecule has 0 unspecified atom stereocenters. The monoisotopic (exact) mass is 661 g/mol. The van der Waals surface area contributed by atoms with Crippen LogP contribution in [0.2, 0.25) is 0 Å². The lowest BCUT2D eigenvalue weighted by Gasteiger charge is -2.35. The number of nitrogens with zero attached hydrogens (tertiary/aromatic N) is 3. The Labute approximate surface area is 303 Å². The van der Waals surface area contributed by atoms with Crippen molar-refractivity contribution in [1.29, 1.82) is 0 Å². The van der Waals surface area contributed by atoms with Gasteiger partial charge in [0.05, 0.1) is 23.4 Å². The third-order valence-corrected chi connectivity index (χ3v) is 10.8. The molecule has 3 nitrogen and oxygen atoms in total. The van der Waals surface area contributed by atoms with Gasteiger partial charge in [0.25, 0.3) is 0 Å². The van der Waals surface area contributed by atoms with Crippen molar-refractivity contribution in [3.63, 3.8) is 0 Å². The van der Waals surface area contributed by atoms with Gasteiger partial charge in [-0.15, -0.1) is 0 Å². The molecule has 0 atom stereocenters. The zero-order valence-electron chi connectivity index (χ0n) is 28.5. The van der Waals surface area contributed by atoms with Gasteiger partial charge < -0.3 is 0 Å². The summed E-state index contributed by atoms with van der Waals surface area (Å²) in [6, 6.07) is 60.7. The van der Waals surface area contributed by atoms with Gasteiger partial charge in [-0.3, -0.25) is 0 Å². The van der Waals surface area contributed by atoms with Crippen LogP contribution >= 0.6 is 0 Å². The first-order valence-corrected chi connectivity index (χ1v) is 17.6. The highest BCUT2D eigenvalue weighted by atomic mass is 14.9. The lowest BCUT2D eigenvalue weighted by Crippen LogP contribution is -2.29. The SMILES string of the molecule is [C-]#[N+]c1ccc(-c2cc(-c3ccc4c(c3)C3(c5ccccc5-c5ccccc5-4)c4ccccc4-c4ccccc43)nc(-c3ccc(C)cc3)n2)cc1. The summed E-state index contributed by atoms with van der Waals surface area (Å²) >= 11 is 0. The molecule has 242 valence electrons. The second-order valence-electron chi connectivity index (χ2n) is 13.7. The molecule has 0 saturated carbocycles. The maximum Gasteiger partial charge on any atom is 0.187 e. The Balaban J connectivity index is 1.30. The molecule has 1 spiro atoms. The van der Waals surface area contributed by atoms with Crippen molar-refractivity contribution in [2.45, 2.75) is 12.3 Å². The summed E-state index contributed by atoms with van der Waals surface area (Å²) in [6.07, 6.45) is 0. The molecule has 0 bridgehead atoms. The Morgan fingerprint density at radius 3 is 1.42 bits per heavy atom. The van der Waals surface area contributed by atoms with E-state index in [2.05, 4.69) is 157 Å². The minimum atomic E-state index is -0.570. The van der Waals surface area contributed by atoms with E-state index in [9.17, 15) is 0 Å². The fourth-order valence-electron chi connectivity index (χ4n) is 8.49. The maximum absolute atomic E-state index is 7.47. The van der Waals surface area contributed by atoms with E-state index in [-0.39, 0.29) is 0 Å². The van der Waals surface area contributed by atoms with Crippen LogP contribution in [-0.2, 0) is 5.41 Å². The Hall–Kier alpha value is -6.89. The number of hydrogen-bond acceptors (Lipinski definition) is 2. The number of benzene rings is 7. The molecule has 0 saturated heterocycles. The van der Waals surface area contributed by atoms with Crippen molar-refractivity contribution in [2.24, 2.45) is 0 Å². The highest BCUT2D eigenvalue weighted by Crippen LogP contribution is 2.61. The van der Waals surface area contributed by atoms with E-state index in [4.69, 9.17) is 16.5 Å². The fourth-order valence-corrected chi connectivity index (χ4v) is 8.49. The molecule has 7 aromatic carbocycles. The molecule has 1 aromatic heterocycles. The van der Waals surface area contributed by atoms with Crippen molar-refractivity contribution in [2.75, 3.05) is 0 Å². The van der Waals surface area contributed by atoms with Crippen LogP contribution in [-0.4, -0.2) is 9.97 Å². The van der Waals surface area contributed by atoms with Gasteiger partial charge in [0.2, 0.25) is 0 Å². The molecule has 1 heterocycles. The van der Waals surface area contributed by atoms with Gasteiger partial charge in [0, 0.05) is 11.1 Å². The van der Waals surface area contributed by atoms with E-state index in [0.29, 0.717) is 11.5 Å². The van der Waals surface area contributed by atoms with Crippen LogP contribution in [0.5, 0.6) is 0 Å². The fraction of sp³-hybridized carbons (Fsp3) is 0.0408. The second-order valence-corrected chi connectivity index (χ2v) is 13.7. The average Bonchev–Trinajstić information content (AvgIpc) is 3.46. The van der Waals surface area contributed by atoms with Crippen LogP contribution in [0.3, 0.4) is 0 Å². The molecule has 0 aliphatic heterocycles. The first-order valence-electron chi connectivity index (χ1n) is 17.6. The van der Waals surface area contributed by atoms with Crippen molar-refractivity contribution in [3.05, 3.63) is 209 Å². The highest BCUT2D eigenvalue weighted by Gasteiger charge is 2.49. The van der Waals surface area contributed by atoms with Gasteiger partial charge >= 0.3 is 0 Å². The quantitative estimate of drug-likeness (QED) is 0.176. The standard InChI is InChI=1S/C49H31N3/c1-31-19-21-33(22-20-31)48-51-46(32-23-26-35(50-2)27-24-32)30-47(52-48)34-25-28-41-37-12-4-3-11-36(37)38-13-5-8-16-42(38)49(45(41)29-34)43-17-9-6-14-39(43)40-15-7-10-18-44(40)49/h3-30H,1H3. The predicted molar refractivity (Wildman–Crippen MR) is 211 cm³/mol. The number of aromatic nitrogens is 2. The van der Waals surface area contributed by atoms with Gasteiger partial charge in [-0.25, -0.2) is 14.8 Å². The van der Waals surface area contributed by atoms with Crippen LogP contribution < -0.4 is 0 Å². The summed E-state index contributed by atoms with van der Waals surface area (Å²) in [5, 5.41) is 0. The second kappa shape index (κ2) is 11.6. The van der Waals surface area contributed by atoms with Crippen LogP contribution in [0.15, 0.2) is 170 Å². The molecule has 3 heteroatoms. The van der Waals surface area contributed by atoms with Gasteiger partial charge in [0.15, 0.2) is 11.5 Å². The van der Waals surface area contributed by atoms with Gasteiger partial charge in [-0.05, 0) is 80.3 Å². The summed E-state index contributed by atoms with van der Waals surface area (Å²) in [7, 11) is 0. The van der Waals surface area contributed by atoms with Crippen LogP contribution in [0.1, 0.15) is 27.8 Å². The molecule has 52 heavy (non-hydrogen) atoms. The lowest BCUT2D eigenvalue weighted by atomic mass is 9.65. The number of hydrogen-bond donors (Lipinski definition) is 0. The zero-order valence-corrected chi connectivity index (χ0v) is 28.5. The Kier molecular flexibility index (Phi) is 6.68. The topological polar surface area (TPSA) is 30.1 Å². The average molecular weight is 662 g/mol. The first-order chi connectivity index (χ1) is 25.6. The summed E-state index contributed by atoms with van der Waals surface area (Å²) in [5.41, 5.74) is 18.3. The number of aryl methyl sites for hydroxylation is 1. The molecular weight excluding hydrogens is 631 g/mol. The van der Waals surface area contributed by atoms with Gasteiger partial charge in [0.1, 0.15) is 0 Å². The third-order valence-electron chi connectivity index (χ3n) is 10.8. The van der Waals surface area contributed by atoms with E-state index in [0.717, 1.165) is 28.1 Å². The highest BCUT2D eigenvalue weighted by molar-refractivity contribution is 5.98. The summed E-state index contributed by atoms with van der Waals surface area (Å²) in [4.78, 5) is 14.0. The normalized spacial score (nSPS) is 12.8. The molecule has 0 radical (unpaired) electrons. The summed E-state index contributed by atoms with van der Waals surface area (Å²) in [5.74, 6) is 0.665. The molecular formula is C49H31N3. The smallest absolute Gasteiger partial charge is 0.187 e. The van der Waals surface area contributed by atoms with Crippen molar-refractivity contribution >= 4 is 5.69 Å². The molecule has 0 amide bonds. The Bertz CT molecular complexity index is 2710. The molecule has 2 aliphatic rings. The predicted octanol–water partition coefficient (Wildman–Crippen LogP) is 12.3. The van der Waals surface area contributed by atoms with E-state index < -0.39 is 5.41 Å². The zero-order chi connectivity index (χ0) is 34.8. The molecule has 0 fully saturated rings. The summed E-state index contributed by atoms with van der Waals surface area (Å²) in [6.45, 7) is 9.56. The third kappa shape index (κ3) is 4.38. The number of rotatable bonds is 3. The van der Waals surface area contributed by atoms with Crippen LogP contribution in [0, 0.1) is 13.5 Å². The van der Waals surface area contributed by atoms with Crippen LogP contribution in [0.25, 0.3) is 72.1 Å². The number of fused-ring (bicyclic) bond motifs is 12. The van der Waals surface area contributed by atoms with E-state index in [1.54, 1.807) is 0 Å². The van der Waals surface area contributed by atoms with E-state index in [1.165, 1.54) is 61.2 Å². The maximum atomic E-state index is 7.47. The largest absolute Gasteiger partial charge is 0.238 e. The molecule has 10 rings (SSSR count). The van der Waals surface area contributed by atoms with Crippen molar-refractivity contribution < 1.29 is 0 Å². The van der Waals surface area contributed by atoms with Crippen molar-refractivity contribution in [3.8, 4) is 67.3 Å². The van der Waals surface area contributed by atoms with E-state index >= 15 is 0 Å².